The zero-order chi connectivity index (χ0) is 23.2. The molecule has 0 unspecified atom stereocenters. The summed E-state index contributed by atoms with van der Waals surface area (Å²) in [5.74, 6) is -0.0191. The predicted octanol–water partition coefficient (Wildman–Crippen LogP) is 5.05. The van der Waals surface area contributed by atoms with Gasteiger partial charge in [0.25, 0.3) is 0 Å². The Kier molecular flexibility index (Phi) is 7.17. The number of carbonyl (C=O) groups excluding carboxylic acids is 2. The lowest BCUT2D eigenvalue weighted by atomic mass is 10.1. The molecule has 3 aromatic rings. The van der Waals surface area contributed by atoms with Crippen LogP contribution in [0, 0.1) is 11.7 Å². The normalized spacial score (nSPS) is 13.0. The molecule has 1 heterocycles. The third kappa shape index (κ3) is 5.86. The van der Waals surface area contributed by atoms with Crippen LogP contribution in [0.2, 0.25) is 0 Å². The Labute approximate surface area is 193 Å². The van der Waals surface area contributed by atoms with Gasteiger partial charge in [-0.2, -0.15) is 5.10 Å². The molecule has 1 fully saturated rings. The first-order valence-electron chi connectivity index (χ1n) is 11.5. The molecule has 33 heavy (non-hydrogen) atoms. The first-order chi connectivity index (χ1) is 16.0. The Morgan fingerprint density at radius 3 is 2.48 bits per heavy atom. The predicted molar refractivity (Wildman–Crippen MR) is 126 cm³/mol. The Morgan fingerprint density at radius 2 is 1.82 bits per heavy atom. The molecule has 1 saturated carbocycles. The van der Waals surface area contributed by atoms with Crippen molar-refractivity contribution < 1.29 is 14.0 Å². The number of aromatic nitrogens is 2. The summed E-state index contributed by atoms with van der Waals surface area (Å²) in [5, 5.41) is 7.57. The summed E-state index contributed by atoms with van der Waals surface area (Å²) in [6.45, 7) is 2.71. The van der Waals surface area contributed by atoms with Gasteiger partial charge in [0.1, 0.15) is 11.6 Å². The van der Waals surface area contributed by atoms with Gasteiger partial charge >= 0.3 is 0 Å². The van der Waals surface area contributed by atoms with Crippen molar-refractivity contribution in [2.45, 2.75) is 39.0 Å². The molecular weight excluding hydrogens is 419 g/mol. The van der Waals surface area contributed by atoms with Crippen LogP contribution >= 0.6 is 0 Å². The summed E-state index contributed by atoms with van der Waals surface area (Å²) in [4.78, 5) is 27.4. The Balaban J connectivity index is 1.56. The van der Waals surface area contributed by atoms with E-state index in [1.54, 1.807) is 27.8 Å². The number of hydrogen-bond donors (Lipinski definition) is 1. The minimum absolute atomic E-state index is 0.00825. The topological polar surface area (TPSA) is 67.2 Å². The standard InChI is InChI=1S/C26H29FN4O2/c1-2-3-7-16-30(26(33)20-10-11-20)18-25(32)28-24-17-23(19-8-5-4-6-9-19)29-31(24)22-14-12-21(27)13-15-22/h4-6,8-9,12-15,17,20H,2-3,7,10-11,16,18H2,1H3,(H,28,32). The third-order valence-electron chi connectivity index (χ3n) is 5.72. The summed E-state index contributed by atoms with van der Waals surface area (Å²) in [7, 11) is 0. The zero-order valence-electron chi connectivity index (χ0n) is 18.8. The lowest BCUT2D eigenvalue weighted by molar-refractivity contribution is -0.135. The second kappa shape index (κ2) is 10.4. The summed E-state index contributed by atoms with van der Waals surface area (Å²) < 4.78 is 15.1. The van der Waals surface area contributed by atoms with Crippen molar-refractivity contribution >= 4 is 17.6 Å². The number of halogens is 1. The molecule has 0 spiro atoms. The van der Waals surface area contributed by atoms with E-state index in [4.69, 9.17) is 0 Å². The van der Waals surface area contributed by atoms with Crippen molar-refractivity contribution in [3.05, 3.63) is 66.5 Å². The Bertz CT molecular complexity index is 1090. The highest BCUT2D eigenvalue weighted by molar-refractivity contribution is 5.95. The molecule has 2 amide bonds. The Morgan fingerprint density at radius 1 is 1.09 bits per heavy atom. The zero-order valence-corrected chi connectivity index (χ0v) is 18.8. The van der Waals surface area contributed by atoms with E-state index in [0.29, 0.717) is 23.7 Å². The van der Waals surface area contributed by atoms with Gasteiger partial charge in [-0.25, -0.2) is 9.07 Å². The number of amides is 2. The van der Waals surface area contributed by atoms with Crippen LogP contribution in [0.5, 0.6) is 0 Å². The first kappa shape index (κ1) is 22.7. The van der Waals surface area contributed by atoms with Crippen molar-refractivity contribution in [1.29, 1.82) is 0 Å². The summed E-state index contributed by atoms with van der Waals surface area (Å²) in [6.07, 6.45) is 4.77. The second-order valence-electron chi connectivity index (χ2n) is 8.46. The van der Waals surface area contributed by atoms with Crippen molar-refractivity contribution in [1.82, 2.24) is 14.7 Å². The monoisotopic (exact) mass is 448 g/mol. The van der Waals surface area contributed by atoms with Crippen LogP contribution in [0.15, 0.2) is 60.7 Å². The van der Waals surface area contributed by atoms with Gasteiger partial charge in [-0.15, -0.1) is 0 Å². The minimum Gasteiger partial charge on any atom is -0.333 e. The molecule has 1 aromatic heterocycles. The fourth-order valence-electron chi connectivity index (χ4n) is 3.76. The van der Waals surface area contributed by atoms with Crippen molar-refractivity contribution in [2.75, 3.05) is 18.4 Å². The van der Waals surface area contributed by atoms with Crippen LogP contribution in [0.25, 0.3) is 16.9 Å². The highest BCUT2D eigenvalue weighted by Gasteiger charge is 2.34. The maximum Gasteiger partial charge on any atom is 0.245 e. The maximum atomic E-state index is 13.5. The molecule has 0 bridgehead atoms. The summed E-state index contributed by atoms with van der Waals surface area (Å²) in [5.41, 5.74) is 2.21. The number of benzene rings is 2. The lowest BCUT2D eigenvalue weighted by Gasteiger charge is -2.22. The van der Waals surface area contributed by atoms with Gasteiger partial charge in [-0.05, 0) is 43.5 Å². The number of rotatable bonds is 10. The van der Waals surface area contributed by atoms with Gasteiger partial charge in [0.15, 0.2) is 0 Å². The van der Waals surface area contributed by atoms with E-state index < -0.39 is 0 Å². The molecule has 172 valence electrons. The summed E-state index contributed by atoms with van der Waals surface area (Å²) in [6, 6.07) is 17.4. The van der Waals surface area contributed by atoms with Gasteiger partial charge in [0.2, 0.25) is 11.8 Å². The van der Waals surface area contributed by atoms with Crippen LogP contribution in [-0.2, 0) is 9.59 Å². The molecule has 0 saturated heterocycles. The number of anilines is 1. The fourth-order valence-corrected chi connectivity index (χ4v) is 3.76. The van der Waals surface area contributed by atoms with Gasteiger partial charge in [-0.3, -0.25) is 9.59 Å². The molecule has 7 heteroatoms. The van der Waals surface area contributed by atoms with E-state index in [-0.39, 0.29) is 30.1 Å². The SMILES string of the molecule is CCCCCN(CC(=O)Nc1cc(-c2ccccc2)nn1-c1ccc(F)cc1)C(=O)C1CC1. The van der Waals surface area contributed by atoms with Crippen LogP contribution < -0.4 is 5.32 Å². The highest BCUT2D eigenvalue weighted by Crippen LogP contribution is 2.31. The maximum absolute atomic E-state index is 13.5. The Hall–Kier alpha value is -3.48. The van der Waals surface area contributed by atoms with E-state index in [9.17, 15) is 14.0 Å². The lowest BCUT2D eigenvalue weighted by Crippen LogP contribution is -2.39. The smallest absolute Gasteiger partial charge is 0.245 e. The van der Waals surface area contributed by atoms with Crippen LogP contribution in [-0.4, -0.2) is 39.6 Å². The fraction of sp³-hybridized carbons (Fsp3) is 0.346. The molecule has 0 aliphatic heterocycles. The van der Waals surface area contributed by atoms with E-state index in [1.807, 2.05) is 30.3 Å². The van der Waals surface area contributed by atoms with E-state index in [0.717, 1.165) is 37.7 Å². The minimum atomic E-state index is -0.346. The van der Waals surface area contributed by atoms with Gasteiger partial charge in [0.05, 0.1) is 17.9 Å². The molecule has 2 aromatic carbocycles. The number of nitrogens with zero attached hydrogens (tertiary/aromatic N) is 3. The molecule has 1 aliphatic carbocycles. The largest absolute Gasteiger partial charge is 0.333 e. The van der Waals surface area contributed by atoms with E-state index in [1.165, 1.54) is 12.1 Å². The molecule has 1 aliphatic rings. The average Bonchev–Trinajstić information content (AvgIpc) is 3.60. The molecule has 4 rings (SSSR count). The van der Waals surface area contributed by atoms with Crippen molar-refractivity contribution in [2.24, 2.45) is 5.92 Å². The van der Waals surface area contributed by atoms with Crippen LogP contribution in [0.1, 0.15) is 39.0 Å². The second-order valence-corrected chi connectivity index (χ2v) is 8.46. The van der Waals surface area contributed by atoms with Crippen LogP contribution in [0.4, 0.5) is 10.2 Å². The number of unbranched alkanes of at least 4 members (excludes halogenated alkanes) is 2. The van der Waals surface area contributed by atoms with Crippen LogP contribution in [0.3, 0.4) is 0 Å². The van der Waals surface area contributed by atoms with Crippen molar-refractivity contribution in [3.63, 3.8) is 0 Å². The summed E-state index contributed by atoms with van der Waals surface area (Å²) >= 11 is 0. The third-order valence-corrected chi connectivity index (χ3v) is 5.72. The van der Waals surface area contributed by atoms with Gasteiger partial charge in [0, 0.05) is 24.1 Å². The molecular formula is C26H29FN4O2. The van der Waals surface area contributed by atoms with E-state index >= 15 is 0 Å². The van der Waals surface area contributed by atoms with Crippen molar-refractivity contribution in [3.8, 4) is 16.9 Å². The quantitative estimate of drug-likeness (QED) is 0.442. The number of carbonyl (C=O) groups is 2. The highest BCUT2D eigenvalue weighted by atomic mass is 19.1. The average molecular weight is 449 g/mol. The van der Waals surface area contributed by atoms with Gasteiger partial charge < -0.3 is 10.2 Å². The molecule has 1 N–H and O–H groups in total. The first-order valence-corrected chi connectivity index (χ1v) is 11.5. The van der Waals surface area contributed by atoms with E-state index in [2.05, 4.69) is 17.3 Å². The molecule has 0 atom stereocenters. The molecule has 0 radical (unpaired) electrons. The number of nitrogens with one attached hydrogen (secondary N) is 1. The molecule has 6 nitrogen and oxygen atoms in total. The van der Waals surface area contributed by atoms with Gasteiger partial charge in [-0.1, -0.05) is 50.1 Å². The number of hydrogen-bond acceptors (Lipinski definition) is 3.